The first kappa shape index (κ1) is 27.6. The van der Waals surface area contributed by atoms with E-state index in [0.717, 1.165) is 21.0 Å². The molecule has 3 aromatic rings. The maximum atomic E-state index is 13.8. The molecule has 0 bridgehead atoms. The van der Waals surface area contributed by atoms with Gasteiger partial charge in [-0.25, -0.2) is 12.8 Å². The number of nitrogens with one attached hydrogen (secondary N) is 1. The first-order chi connectivity index (χ1) is 17.3. The summed E-state index contributed by atoms with van der Waals surface area (Å²) in [6, 6.07) is 17.4. The van der Waals surface area contributed by atoms with Gasteiger partial charge in [0.15, 0.2) is 11.5 Å². The van der Waals surface area contributed by atoms with Crippen molar-refractivity contribution in [2.45, 2.75) is 16.2 Å². The van der Waals surface area contributed by atoms with Gasteiger partial charge >= 0.3 is 0 Å². The summed E-state index contributed by atoms with van der Waals surface area (Å²) < 4.78 is 52.2. The molecule has 0 saturated heterocycles. The lowest BCUT2D eigenvalue weighted by Crippen LogP contribution is -2.41. The fourth-order valence-corrected chi connectivity index (χ4v) is 5.73. The van der Waals surface area contributed by atoms with E-state index in [9.17, 15) is 17.6 Å². The number of nitrogens with zero attached hydrogens (tertiary/aromatic N) is 1. The van der Waals surface area contributed by atoms with Crippen LogP contribution >= 0.6 is 23.4 Å². The smallest absolute Gasteiger partial charge is 0.264 e. The third kappa shape index (κ3) is 7.05. The standard InChI is InChI=1S/C25H26ClFN2O5S2/c1-33-23-12-10-20(16-24(23)34-2)36(31,32)29(18-9-11-22(27)21(26)15-18)17-25(30)28-13-6-14-35-19-7-4-3-5-8-19/h3-5,7-12,15-16H,6,13-14,17H2,1-2H3,(H,28,30). The van der Waals surface area contributed by atoms with E-state index in [1.54, 1.807) is 11.8 Å². The van der Waals surface area contributed by atoms with E-state index in [-0.39, 0.29) is 21.4 Å². The van der Waals surface area contributed by atoms with Crippen molar-refractivity contribution in [3.63, 3.8) is 0 Å². The van der Waals surface area contributed by atoms with Gasteiger partial charge in [-0.05, 0) is 54.6 Å². The van der Waals surface area contributed by atoms with Crippen LogP contribution in [-0.2, 0) is 14.8 Å². The number of amides is 1. The normalized spacial score (nSPS) is 11.1. The third-order valence-electron chi connectivity index (χ3n) is 5.08. The molecule has 192 valence electrons. The first-order valence-corrected chi connectivity index (χ1v) is 13.7. The molecule has 0 aliphatic carbocycles. The van der Waals surface area contributed by atoms with Crippen LogP contribution in [0, 0.1) is 5.82 Å². The highest BCUT2D eigenvalue weighted by molar-refractivity contribution is 7.99. The van der Waals surface area contributed by atoms with E-state index in [1.807, 2.05) is 30.3 Å². The molecular weight excluding hydrogens is 527 g/mol. The molecule has 0 atom stereocenters. The number of carbonyl (C=O) groups excluding carboxylic acids is 1. The number of anilines is 1. The zero-order valence-corrected chi connectivity index (χ0v) is 22.1. The monoisotopic (exact) mass is 552 g/mol. The third-order valence-corrected chi connectivity index (χ3v) is 8.23. The van der Waals surface area contributed by atoms with E-state index < -0.39 is 28.3 Å². The number of hydrogen-bond donors (Lipinski definition) is 1. The molecule has 0 spiro atoms. The van der Waals surface area contributed by atoms with Crippen LogP contribution in [0.4, 0.5) is 10.1 Å². The number of hydrogen-bond acceptors (Lipinski definition) is 6. The summed E-state index contributed by atoms with van der Waals surface area (Å²) >= 11 is 7.57. The summed E-state index contributed by atoms with van der Waals surface area (Å²) in [6.07, 6.45) is 0.691. The van der Waals surface area contributed by atoms with Crippen LogP contribution in [-0.4, -0.2) is 47.4 Å². The Morgan fingerprint density at radius 1 is 1.03 bits per heavy atom. The SMILES string of the molecule is COc1ccc(S(=O)(=O)N(CC(=O)NCCCSc2ccccc2)c2ccc(F)c(Cl)c2)cc1OC. The van der Waals surface area contributed by atoms with Crippen molar-refractivity contribution in [3.8, 4) is 11.5 Å². The Labute approximate surface area is 219 Å². The minimum absolute atomic E-state index is 0.0472. The molecule has 0 saturated carbocycles. The second-order valence-electron chi connectivity index (χ2n) is 7.49. The molecule has 0 fully saturated rings. The highest BCUT2D eigenvalue weighted by atomic mass is 35.5. The lowest BCUT2D eigenvalue weighted by Gasteiger charge is -2.24. The summed E-state index contributed by atoms with van der Waals surface area (Å²) in [5, 5.41) is 2.48. The Kier molecular flexibility index (Phi) is 9.86. The molecule has 7 nitrogen and oxygen atoms in total. The van der Waals surface area contributed by atoms with Crippen LogP contribution < -0.4 is 19.1 Å². The van der Waals surface area contributed by atoms with Crippen molar-refractivity contribution >= 4 is 45.0 Å². The van der Waals surface area contributed by atoms with Crippen LogP contribution in [0.25, 0.3) is 0 Å². The van der Waals surface area contributed by atoms with Gasteiger partial charge in [0, 0.05) is 17.5 Å². The molecule has 0 unspecified atom stereocenters. The number of rotatable bonds is 12. The van der Waals surface area contributed by atoms with Gasteiger partial charge in [0.25, 0.3) is 10.0 Å². The minimum Gasteiger partial charge on any atom is -0.493 e. The molecule has 3 aromatic carbocycles. The summed E-state index contributed by atoms with van der Waals surface area (Å²) in [7, 11) is -1.44. The molecular formula is C25H26ClFN2O5S2. The van der Waals surface area contributed by atoms with Crippen LogP contribution in [0.5, 0.6) is 11.5 Å². The molecule has 0 radical (unpaired) electrons. The predicted octanol–water partition coefficient (Wildman–Crippen LogP) is 4.99. The van der Waals surface area contributed by atoms with Crippen molar-refractivity contribution in [2.24, 2.45) is 0 Å². The molecule has 0 aliphatic heterocycles. The van der Waals surface area contributed by atoms with Gasteiger partial charge in [0.2, 0.25) is 5.91 Å². The lowest BCUT2D eigenvalue weighted by atomic mass is 10.3. The zero-order valence-electron chi connectivity index (χ0n) is 19.7. The summed E-state index contributed by atoms with van der Waals surface area (Å²) in [5.74, 6) is 0.120. The Hall–Kier alpha value is -2.95. The molecule has 1 amide bonds. The summed E-state index contributed by atoms with van der Waals surface area (Å²) in [6.45, 7) is -0.155. The quantitative estimate of drug-likeness (QED) is 0.252. The Bertz CT molecular complexity index is 1290. The number of carbonyl (C=O) groups is 1. The molecule has 0 aromatic heterocycles. The Balaban J connectivity index is 1.76. The molecule has 3 rings (SSSR count). The Morgan fingerprint density at radius 2 is 1.75 bits per heavy atom. The maximum absolute atomic E-state index is 13.8. The second-order valence-corrected chi connectivity index (χ2v) is 10.9. The van der Waals surface area contributed by atoms with Gasteiger partial charge < -0.3 is 14.8 Å². The lowest BCUT2D eigenvalue weighted by molar-refractivity contribution is -0.119. The summed E-state index contributed by atoms with van der Waals surface area (Å²) in [4.78, 5) is 13.7. The van der Waals surface area contributed by atoms with Crippen LogP contribution in [0.1, 0.15) is 6.42 Å². The first-order valence-electron chi connectivity index (χ1n) is 10.9. The van der Waals surface area contributed by atoms with Crippen molar-refractivity contribution in [2.75, 3.05) is 37.4 Å². The van der Waals surface area contributed by atoms with Gasteiger partial charge in [0.1, 0.15) is 12.4 Å². The topological polar surface area (TPSA) is 84.9 Å². The average Bonchev–Trinajstić information content (AvgIpc) is 2.88. The Morgan fingerprint density at radius 3 is 2.42 bits per heavy atom. The number of ether oxygens (including phenoxy) is 2. The van der Waals surface area contributed by atoms with Crippen molar-refractivity contribution < 1.29 is 27.1 Å². The van der Waals surface area contributed by atoms with Gasteiger partial charge in [-0.3, -0.25) is 9.10 Å². The van der Waals surface area contributed by atoms with E-state index in [2.05, 4.69) is 5.32 Å². The van der Waals surface area contributed by atoms with E-state index in [0.29, 0.717) is 18.7 Å². The van der Waals surface area contributed by atoms with Crippen LogP contribution in [0.3, 0.4) is 0 Å². The number of benzene rings is 3. The second kappa shape index (κ2) is 12.8. The minimum atomic E-state index is -4.26. The number of sulfonamides is 1. The van der Waals surface area contributed by atoms with Gasteiger partial charge in [-0.2, -0.15) is 0 Å². The van der Waals surface area contributed by atoms with Crippen molar-refractivity contribution in [1.29, 1.82) is 0 Å². The van der Waals surface area contributed by atoms with E-state index in [4.69, 9.17) is 21.1 Å². The maximum Gasteiger partial charge on any atom is 0.264 e. The molecule has 0 aliphatic rings. The fraction of sp³-hybridized carbons (Fsp3) is 0.240. The fourth-order valence-electron chi connectivity index (χ4n) is 3.25. The molecule has 1 N–H and O–H groups in total. The predicted molar refractivity (Wildman–Crippen MR) is 140 cm³/mol. The molecule has 0 heterocycles. The van der Waals surface area contributed by atoms with Gasteiger partial charge in [0.05, 0.1) is 29.8 Å². The largest absolute Gasteiger partial charge is 0.493 e. The van der Waals surface area contributed by atoms with Gasteiger partial charge in [-0.15, -0.1) is 11.8 Å². The van der Waals surface area contributed by atoms with Crippen molar-refractivity contribution in [3.05, 3.63) is 77.6 Å². The zero-order chi connectivity index (χ0) is 26.1. The van der Waals surface area contributed by atoms with E-state index in [1.165, 1.54) is 44.6 Å². The molecule has 11 heteroatoms. The van der Waals surface area contributed by atoms with Crippen LogP contribution in [0.15, 0.2) is 76.5 Å². The van der Waals surface area contributed by atoms with E-state index >= 15 is 0 Å². The van der Waals surface area contributed by atoms with Gasteiger partial charge in [-0.1, -0.05) is 29.8 Å². The number of methoxy groups -OCH3 is 2. The highest BCUT2D eigenvalue weighted by Gasteiger charge is 2.29. The van der Waals surface area contributed by atoms with Crippen molar-refractivity contribution in [1.82, 2.24) is 5.32 Å². The van der Waals surface area contributed by atoms with Crippen LogP contribution in [0.2, 0.25) is 5.02 Å². The molecule has 36 heavy (non-hydrogen) atoms. The number of thioether (sulfide) groups is 1. The summed E-state index contributed by atoms with van der Waals surface area (Å²) in [5.41, 5.74) is 0.0472. The number of halogens is 2. The highest BCUT2D eigenvalue weighted by Crippen LogP contribution is 2.33. The average molecular weight is 553 g/mol.